The molecule has 0 aromatic rings. The highest BCUT2D eigenvalue weighted by atomic mass is 32.2. The van der Waals surface area contributed by atoms with Crippen LogP contribution in [0.1, 0.15) is 111 Å². The van der Waals surface area contributed by atoms with Crippen molar-refractivity contribution in [3.05, 3.63) is 0 Å². The number of carbonyl (C=O) groups is 1. The maximum atomic E-state index is 12.2. The first kappa shape index (κ1) is 21.9. The van der Waals surface area contributed by atoms with Gasteiger partial charge in [-0.15, -0.1) is 11.8 Å². The van der Waals surface area contributed by atoms with Gasteiger partial charge in [0.15, 0.2) is 0 Å². The van der Waals surface area contributed by atoms with Gasteiger partial charge in [0.05, 0.1) is 7.11 Å². The number of rotatable bonds is 15. The Balaban J connectivity index is 2.01. The minimum atomic E-state index is -0.241. The number of hydrogen-bond donors (Lipinski definition) is 0. The third-order valence-corrected chi connectivity index (χ3v) is 7.84. The predicted molar refractivity (Wildman–Crippen MR) is 107 cm³/mol. The molecule has 0 amide bonds. The molecule has 0 aromatic heterocycles. The van der Waals surface area contributed by atoms with Crippen LogP contribution in [0.25, 0.3) is 0 Å². The fourth-order valence-corrected chi connectivity index (χ4v) is 5.38. The molecule has 2 nitrogen and oxygen atoms in total. The third kappa shape index (κ3) is 6.28. The Labute approximate surface area is 154 Å². The van der Waals surface area contributed by atoms with E-state index in [1.54, 1.807) is 0 Å². The van der Waals surface area contributed by atoms with Gasteiger partial charge < -0.3 is 4.74 Å². The normalized spacial score (nSPS) is 25.7. The molecule has 1 aliphatic heterocycles. The van der Waals surface area contributed by atoms with E-state index >= 15 is 0 Å². The van der Waals surface area contributed by atoms with Crippen molar-refractivity contribution >= 4 is 17.7 Å². The molecule has 0 radical (unpaired) electrons. The molecule has 1 rings (SSSR count). The molecule has 0 aromatic carbocycles. The standard InChI is InChI=1S/C21H40O2S/c1-5-7-8-9-10-11-12-13-14-15-16-17-18-21(19(22)23-4)20(3,6-2)24-21/h5-18H2,1-4H3. The highest BCUT2D eigenvalue weighted by molar-refractivity contribution is 8.10. The summed E-state index contributed by atoms with van der Waals surface area (Å²) in [6, 6.07) is 0. The fourth-order valence-electron chi connectivity index (χ4n) is 3.77. The number of ether oxygens (including phenoxy) is 1. The second-order valence-corrected chi connectivity index (χ2v) is 9.45. The van der Waals surface area contributed by atoms with Crippen LogP contribution in [0.3, 0.4) is 0 Å². The molecule has 1 aliphatic rings. The van der Waals surface area contributed by atoms with Crippen molar-refractivity contribution in [1.82, 2.24) is 0 Å². The van der Waals surface area contributed by atoms with Crippen LogP contribution in [-0.4, -0.2) is 22.6 Å². The molecule has 24 heavy (non-hydrogen) atoms. The van der Waals surface area contributed by atoms with Gasteiger partial charge in [0.1, 0.15) is 4.75 Å². The van der Waals surface area contributed by atoms with Gasteiger partial charge in [-0.2, -0.15) is 0 Å². The van der Waals surface area contributed by atoms with Crippen molar-refractivity contribution in [3.63, 3.8) is 0 Å². The Bertz CT molecular complexity index is 358. The summed E-state index contributed by atoms with van der Waals surface area (Å²) in [5.74, 6) is -0.0000713. The number of esters is 1. The second kappa shape index (κ2) is 11.4. The maximum Gasteiger partial charge on any atom is 0.323 e. The molecule has 2 unspecified atom stereocenters. The molecule has 3 heteroatoms. The Morgan fingerprint density at radius 2 is 1.29 bits per heavy atom. The largest absolute Gasteiger partial charge is 0.468 e. The van der Waals surface area contributed by atoms with Gasteiger partial charge >= 0.3 is 5.97 Å². The van der Waals surface area contributed by atoms with E-state index in [4.69, 9.17) is 4.74 Å². The van der Waals surface area contributed by atoms with Crippen LogP contribution >= 0.6 is 11.8 Å². The van der Waals surface area contributed by atoms with Crippen LogP contribution in [0.15, 0.2) is 0 Å². The maximum absolute atomic E-state index is 12.2. The lowest BCUT2D eigenvalue weighted by molar-refractivity contribution is -0.143. The van der Waals surface area contributed by atoms with Crippen LogP contribution < -0.4 is 0 Å². The second-order valence-electron chi connectivity index (χ2n) is 7.64. The molecular formula is C21H40O2S. The zero-order chi connectivity index (χ0) is 17.9. The summed E-state index contributed by atoms with van der Waals surface area (Å²) in [7, 11) is 1.53. The number of hydrogen-bond acceptors (Lipinski definition) is 3. The van der Waals surface area contributed by atoms with Crippen molar-refractivity contribution in [2.24, 2.45) is 0 Å². The Kier molecular flexibility index (Phi) is 10.4. The Morgan fingerprint density at radius 1 is 0.833 bits per heavy atom. The molecule has 0 aliphatic carbocycles. The zero-order valence-electron chi connectivity index (χ0n) is 16.6. The van der Waals surface area contributed by atoms with Gasteiger partial charge in [-0.1, -0.05) is 90.9 Å². The molecule has 0 bridgehead atoms. The lowest BCUT2D eigenvalue weighted by Crippen LogP contribution is -2.33. The van der Waals surface area contributed by atoms with Gasteiger partial charge in [-0.3, -0.25) is 4.79 Å². The molecule has 0 saturated carbocycles. The van der Waals surface area contributed by atoms with E-state index in [9.17, 15) is 4.79 Å². The highest BCUT2D eigenvalue weighted by Gasteiger charge is 2.69. The third-order valence-electron chi connectivity index (χ3n) is 5.78. The Morgan fingerprint density at radius 3 is 1.67 bits per heavy atom. The molecule has 1 saturated heterocycles. The lowest BCUT2D eigenvalue weighted by Gasteiger charge is -2.17. The van der Waals surface area contributed by atoms with Crippen molar-refractivity contribution in [2.75, 3.05) is 7.11 Å². The average molecular weight is 357 g/mol. The highest BCUT2D eigenvalue weighted by Crippen LogP contribution is 2.68. The molecule has 1 heterocycles. The van der Waals surface area contributed by atoms with Crippen LogP contribution in [0.4, 0.5) is 0 Å². The van der Waals surface area contributed by atoms with E-state index in [1.165, 1.54) is 77.7 Å². The summed E-state index contributed by atoms with van der Waals surface area (Å²) in [6.45, 7) is 6.67. The summed E-state index contributed by atoms with van der Waals surface area (Å²) in [6.07, 6.45) is 18.4. The number of methoxy groups -OCH3 is 1. The van der Waals surface area contributed by atoms with E-state index < -0.39 is 0 Å². The first-order chi connectivity index (χ1) is 11.6. The van der Waals surface area contributed by atoms with Gasteiger partial charge in [-0.25, -0.2) is 0 Å². The number of carbonyl (C=O) groups excluding carboxylic acids is 1. The van der Waals surface area contributed by atoms with E-state index in [2.05, 4.69) is 20.8 Å². The molecule has 142 valence electrons. The Hall–Kier alpha value is -0.180. The zero-order valence-corrected chi connectivity index (χ0v) is 17.4. The van der Waals surface area contributed by atoms with Crippen LogP contribution in [0, 0.1) is 0 Å². The topological polar surface area (TPSA) is 26.3 Å². The SMILES string of the molecule is CCCCCCCCCCCCCCC1(C(=O)OC)SC1(C)CC. The molecule has 0 spiro atoms. The van der Waals surface area contributed by atoms with Gasteiger partial charge in [0, 0.05) is 4.75 Å². The van der Waals surface area contributed by atoms with Crippen LogP contribution in [-0.2, 0) is 9.53 Å². The summed E-state index contributed by atoms with van der Waals surface area (Å²) < 4.78 is 4.94. The summed E-state index contributed by atoms with van der Waals surface area (Å²) in [5.41, 5.74) is 0. The molecular weight excluding hydrogens is 316 g/mol. The van der Waals surface area contributed by atoms with E-state index in [0.717, 1.165) is 19.3 Å². The summed E-state index contributed by atoms with van der Waals surface area (Å²) in [5, 5.41) is 0. The minimum absolute atomic E-state index is 0.0000713. The van der Waals surface area contributed by atoms with Crippen molar-refractivity contribution in [2.45, 2.75) is 120 Å². The van der Waals surface area contributed by atoms with Crippen molar-refractivity contribution in [3.8, 4) is 0 Å². The van der Waals surface area contributed by atoms with Crippen molar-refractivity contribution in [1.29, 1.82) is 0 Å². The number of unbranched alkanes of at least 4 members (excludes halogenated alkanes) is 11. The van der Waals surface area contributed by atoms with E-state index in [1.807, 2.05) is 11.8 Å². The minimum Gasteiger partial charge on any atom is -0.468 e. The molecule has 2 atom stereocenters. The van der Waals surface area contributed by atoms with Crippen molar-refractivity contribution < 1.29 is 9.53 Å². The van der Waals surface area contributed by atoms with Crippen LogP contribution in [0.2, 0.25) is 0 Å². The average Bonchev–Trinajstić information content (AvgIpc) is 3.21. The summed E-state index contributed by atoms with van der Waals surface area (Å²) in [4.78, 5) is 12.2. The first-order valence-corrected chi connectivity index (χ1v) is 11.2. The first-order valence-electron chi connectivity index (χ1n) is 10.3. The fraction of sp³-hybridized carbons (Fsp3) is 0.952. The lowest BCUT2D eigenvalue weighted by atomic mass is 9.87. The van der Waals surface area contributed by atoms with Crippen LogP contribution in [0.5, 0.6) is 0 Å². The summed E-state index contributed by atoms with van der Waals surface area (Å²) >= 11 is 1.83. The van der Waals surface area contributed by atoms with E-state index in [0.29, 0.717) is 0 Å². The smallest absolute Gasteiger partial charge is 0.323 e. The number of thioether (sulfide) groups is 1. The van der Waals surface area contributed by atoms with Gasteiger partial charge in [-0.05, 0) is 19.8 Å². The molecule has 0 N–H and O–H groups in total. The quantitative estimate of drug-likeness (QED) is 0.181. The van der Waals surface area contributed by atoms with Gasteiger partial charge in [0.2, 0.25) is 0 Å². The predicted octanol–water partition coefficient (Wildman–Crippen LogP) is 6.90. The molecule has 1 fully saturated rings. The van der Waals surface area contributed by atoms with Gasteiger partial charge in [0.25, 0.3) is 0 Å². The van der Waals surface area contributed by atoms with E-state index in [-0.39, 0.29) is 15.5 Å². The monoisotopic (exact) mass is 356 g/mol.